The van der Waals surface area contributed by atoms with Gasteiger partial charge < -0.3 is 19.5 Å². The molecule has 1 saturated carbocycles. The van der Waals surface area contributed by atoms with E-state index in [1.54, 1.807) is 44.4 Å². The Morgan fingerprint density at radius 2 is 1.75 bits per heavy atom. The first-order valence-electron chi connectivity index (χ1n) is 10.6. The zero-order chi connectivity index (χ0) is 23.1. The SMILES string of the molecule is COc1ccc(NC(=O)COc2ccc(S(=O)(=O)NC3CCCCC3)cc2C)c(OC)c1. The summed E-state index contributed by atoms with van der Waals surface area (Å²) in [5.41, 5.74) is 1.13. The van der Waals surface area contributed by atoms with Crippen molar-refractivity contribution in [2.75, 3.05) is 26.1 Å². The molecule has 2 N–H and O–H groups in total. The third-order valence-corrected chi connectivity index (χ3v) is 6.94. The Hall–Kier alpha value is -2.78. The van der Waals surface area contributed by atoms with Gasteiger partial charge in [-0.2, -0.15) is 0 Å². The molecule has 0 heterocycles. The van der Waals surface area contributed by atoms with Gasteiger partial charge >= 0.3 is 0 Å². The van der Waals surface area contributed by atoms with Crippen molar-refractivity contribution in [1.82, 2.24) is 4.72 Å². The van der Waals surface area contributed by atoms with Gasteiger partial charge in [-0.15, -0.1) is 0 Å². The maximum atomic E-state index is 12.7. The van der Waals surface area contributed by atoms with Crippen molar-refractivity contribution in [2.45, 2.75) is 50.0 Å². The van der Waals surface area contributed by atoms with Gasteiger partial charge in [0, 0.05) is 12.1 Å². The highest BCUT2D eigenvalue weighted by Crippen LogP contribution is 2.29. The number of carbonyl (C=O) groups excluding carboxylic acids is 1. The average molecular weight is 463 g/mol. The van der Waals surface area contributed by atoms with Crippen LogP contribution in [0.4, 0.5) is 5.69 Å². The summed E-state index contributed by atoms with van der Waals surface area (Å²) in [5, 5.41) is 2.73. The van der Waals surface area contributed by atoms with Crippen molar-refractivity contribution in [1.29, 1.82) is 0 Å². The highest BCUT2D eigenvalue weighted by molar-refractivity contribution is 7.89. The molecule has 0 aromatic heterocycles. The first kappa shape index (κ1) is 23.9. The summed E-state index contributed by atoms with van der Waals surface area (Å²) in [6.45, 7) is 1.52. The van der Waals surface area contributed by atoms with Gasteiger partial charge in [-0.05, 0) is 55.7 Å². The molecule has 0 spiro atoms. The van der Waals surface area contributed by atoms with Crippen LogP contribution in [0.3, 0.4) is 0 Å². The van der Waals surface area contributed by atoms with Crippen LogP contribution in [0.1, 0.15) is 37.7 Å². The number of benzene rings is 2. The Balaban J connectivity index is 1.60. The summed E-state index contributed by atoms with van der Waals surface area (Å²) >= 11 is 0. The Morgan fingerprint density at radius 3 is 2.41 bits per heavy atom. The molecule has 8 nitrogen and oxygen atoms in total. The third-order valence-electron chi connectivity index (χ3n) is 5.43. The van der Waals surface area contributed by atoms with Crippen molar-refractivity contribution >= 4 is 21.6 Å². The van der Waals surface area contributed by atoms with Crippen LogP contribution in [-0.2, 0) is 14.8 Å². The number of anilines is 1. The van der Waals surface area contributed by atoms with E-state index in [1.807, 2.05) is 0 Å². The van der Waals surface area contributed by atoms with Crippen molar-refractivity contribution in [3.63, 3.8) is 0 Å². The van der Waals surface area contributed by atoms with Gasteiger partial charge in [0.25, 0.3) is 5.91 Å². The van der Waals surface area contributed by atoms with E-state index in [1.165, 1.54) is 13.2 Å². The van der Waals surface area contributed by atoms with Crippen LogP contribution < -0.4 is 24.2 Å². The molecule has 0 atom stereocenters. The van der Waals surface area contributed by atoms with Gasteiger partial charge in [0.05, 0.1) is 24.8 Å². The summed E-state index contributed by atoms with van der Waals surface area (Å²) in [6, 6.07) is 9.68. The molecule has 9 heteroatoms. The Labute approximate surface area is 189 Å². The fraction of sp³-hybridized carbons (Fsp3) is 0.435. The summed E-state index contributed by atoms with van der Waals surface area (Å²) in [4.78, 5) is 12.5. The molecule has 0 aliphatic heterocycles. The fourth-order valence-corrected chi connectivity index (χ4v) is 5.08. The Morgan fingerprint density at radius 1 is 1.00 bits per heavy atom. The maximum Gasteiger partial charge on any atom is 0.262 e. The van der Waals surface area contributed by atoms with Gasteiger partial charge in [-0.3, -0.25) is 4.79 Å². The van der Waals surface area contributed by atoms with Gasteiger partial charge in [0.1, 0.15) is 17.2 Å². The molecule has 2 aromatic rings. The topological polar surface area (TPSA) is 103 Å². The van der Waals surface area contributed by atoms with Crippen molar-refractivity contribution < 1.29 is 27.4 Å². The van der Waals surface area contributed by atoms with Crippen LogP contribution in [0, 0.1) is 6.92 Å². The molecule has 0 radical (unpaired) electrons. The van der Waals surface area contributed by atoms with E-state index in [0.717, 1.165) is 32.1 Å². The quantitative estimate of drug-likeness (QED) is 0.590. The minimum atomic E-state index is -3.59. The third kappa shape index (κ3) is 6.14. The van der Waals surface area contributed by atoms with E-state index >= 15 is 0 Å². The Kier molecular flexibility index (Phi) is 7.98. The number of carbonyl (C=O) groups is 1. The summed E-state index contributed by atoms with van der Waals surface area (Å²) in [6.07, 6.45) is 4.98. The average Bonchev–Trinajstić information content (AvgIpc) is 2.78. The van der Waals surface area contributed by atoms with Crippen LogP contribution >= 0.6 is 0 Å². The number of methoxy groups -OCH3 is 2. The van der Waals surface area contributed by atoms with E-state index in [2.05, 4.69) is 10.0 Å². The van der Waals surface area contributed by atoms with Crippen LogP contribution in [0.15, 0.2) is 41.3 Å². The van der Waals surface area contributed by atoms with Crippen LogP contribution in [0.2, 0.25) is 0 Å². The number of nitrogens with one attached hydrogen (secondary N) is 2. The summed E-state index contributed by atoms with van der Waals surface area (Å²) in [7, 11) is -0.543. The van der Waals surface area contributed by atoms with Crippen molar-refractivity contribution in [3.05, 3.63) is 42.0 Å². The molecule has 32 heavy (non-hydrogen) atoms. The first-order chi connectivity index (χ1) is 15.3. The molecular formula is C23H30N2O6S. The smallest absolute Gasteiger partial charge is 0.262 e. The lowest BCUT2D eigenvalue weighted by Gasteiger charge is -2.22. The maximum absolute atomic E-state index is 12.7. The minimum Gasteiger partial charge on any atom is -0.497 e. The molecule has 1 fully saturated rings. The molecule has 0 saturated heterocycles. The summed E-state index contributed by atoms with van der Waals surface area (Å²) < 4.78 is 44.2. The lowest BCUT2D eigenvalue weighted by atomic mass is 9.96. The first-order valence-corrected chi connectivity index (χ1v) is 12.1. The highest BCUT2D eigenvalue weighted by atomic mass is 32.2. The zero-order valence-electron chi connectivity index (χ0n) is 18.6. The highest BCUT2D eigenvalue weighted by Gasteiger charge is 2.22. The molecule has 0 unspecified atom stereocenters. The van der Waals surface area contributed by atoms with Crippen molar-refractivity contribution in [3.8, 4) is 17.2 Å². The molecule has 0 bridgehead atoms. The minimum absolute atomic E-state index is 0.0105. The van der Waals surface area contributed by atoms with Gasteiger partial charge in [-0.1, -0.05) is 19.3 Å². The van der Waals surface area contributed by atoms with E-state index in [4.69, 9.17) is 14.2 Å². The number of aryl methyl sites for hydroxylation is 1. The second kappa shape index (κ2) is 10.7. The largest absolute Gasteiger partial charge is 0.497 e. The number of rotatable bonds is 9. The van der Waals surface area contributed by atoms with Crippen LogP contribution in [0.25, 0.3) is 0 Å². The number of hydrogen-bond acceptors (Lipinski definition) is 6. The number of sulfonamides is 1. The van der Waals surface area contributed by atoms with E-state index in [0.29, 0.717) is 28.5 Å². The van der Waals surface area contributed by atoms with E-state index < -0.39 is 10.0 Å². The number of ether oxygens (including phenoxy) is 3. The second-order valence-corrected chi connectivity index (χ2v) is 9.50. The molecule has 1 amide bonds. The van der Waals surface area contributed by atoms with Crippen LogP contribution in [0.5, 0.6) is 17.2 Å². The Bertz CT molecular complexity index is 1050. The van der Waals surface area contributed by atoms with E-state index in [9.17, 15) is 13.2 Å². The van der Waals surface area contributed by atoms with Gasteiger partial charge in [0.15, 0.2) is 6.61 Å². The van der Waals surface area contributed by atoms with Gasteiger partial charge in [-0.25, -0.2) is 13.1 Å². The monoisotopic (exact) mass is 462 g/mol. The van der Waals surface area contributed by atoms with E-state index in [-0.39, 0.29) is 23.5 Å². The predicted molar refractivity (Wildman–Crippen MR) is 122 cm³/mol. The van der Waals surface area contributed by atoms with Crippen LogP contribution in [-0.4, -0.2) is 41.2 Å². The standard InChI is InChI=1S/C23H30N2O6S/c1-16-13-19(32(27,28)25-17-7-5-4-6-8-17)10-12-21(16)31-15-23(26)24-20-11-9-18(29-2)14-22(20)30-3/h9-14,17,25H,4-8,15H2,1-3H3,(H,24,26). The molecule has 2 aromatic carbocycles. The van der Waals surface area contributed by atoms with Gasteiger partial charge in [0.2, 0.25) is 10.0 Å². The van der Waals surface area contributed by atoms with Crippen molar-refractivity contribution in [2.24, 2.45) is 0 Å². The second-order valence-electron chi connectivity index (χ2n) is 7.79. The lowest BCUT2D eigenvalue weighted by Crippen LogP contribution is -2.36. The lowest BCUT2D eigenvalue weighted by molar-refractivity contribution is -0.118. The summed E-state index contributed by atoms with van der Waals surface area (Å²) in [5.74, 6) is 1.15. The normalized spacial score (nSPS) is 14.6. The number of hydrogen-bond donors (Lipinski definition) is 2. The molecular weight excluding hydrogens is 432 g/mol. The zero-order valence-corrected chi connectivity index (χ0v) is 19.5. The fourth-order valence-electron chi connectivity index (χ4n) is 3.69. The molecule has 1 aliphatic rings. The predicted octanol–water partition coefficient (Wildman–Crippen LogP) is 3.64. The molecule has 1 aliphatic carbocycles. The molecule has 3 rings (SSSR count). The molecule has 174 valence electrons. The number of amides is 1.